The van der Waals surface area contributed by atoms with Crippen molar-refractivity contribution in [3.8, 4) is 11.5 Å². The molecule has 0 aliphatic rings. The number of carbonyl (C=O) groups is 2. The van der Waals surface area contributed by atoms with E-state index >= 15 is 0 Å². The van der Waals surface area contributed by atoms with Crippen LogP contribution in [0.25, 0.3) is 0 Å². The van der Waals surface area contributed by atoms with Crippen molar-refractivity contribution in [1.29, 1.82) is 0 Å². The number of carbonyl (C=O) groups excluding carboxylic acids is 2. The number of hydrogen-bond acceptors (Lipinski definition) is 8. The molecule has 0 heterocycles. The Labute approximate surface area is 223 Å². The summed E-state index contributed by atoms with van der Waals surface area (Å²) < 4.78 is 40.9. The molecule has 0 amide bonds. The van der Waals surface area contributed by atoms with Crippen LogP contribution in [0, 0.1) is 19.3 Å². The first kappa shape index (κ1) is 29.0. The summed E-state index contributed by atoms with van der Waals surface area (Å²) in [6, 6.07) is 17.4. The van der Waals surface area contributed by atoms with Gasteiger partial charge < -0.3 is 15.2 Å². The number of nitrogens with two attached hydrogens (primary N) is 1. The number of benzene rings is 3. The molecule has 2 atom stereocenters. The molecule has 2 unspecified atom stereocenters. The topological polar surface area (TPSA) is 122 Å². The zero-order chi connectivity index (χ0) is 28.3. The summed E-state index contributed by atoms with van der Waals surface area (Å²) in [7, 11) is -3.90. The van der Waals surface area contributed by atoms with Gasteiger partial charge in [-0.3, -0.25) is 4.18 Å². The van der Waals surface area contributed by atoms with Gasteiger partial charge in [-0.25, -0.2) is 9.59 Å². The molecule has 0 radical (unpaired) electrons. The standard InChI is InChI=1S/C29H33NO7S/c1-18-11-7-9-13-21(18)27(31)35-23-16-15-20(25(37-38(6,33)34)26(30)29(3,4)5)17-24(23)36-28(32)22-14-10-8-12-19(22)2/h7-17,25-26H,30H2,1-6H3. The largest absolute Gasteiger partial charge is 0.419 e. The zero-order valence-corrected chi connectivity index (χ0v) is 23.2. The van der Waals surface area contributed by atoms with Crippen molar-refractivity contribution < 1.29 is 31.7 Å². The molecule has 3 rings (SSSR count). The van der Waals surface area contributed by atoms with Gasteiger partial charge in [0.2, 0.25) is 0 Å². The fourth-order valence-corrected chi connectivity index (χ4v) is 4.35. The molecule has 38 heavy (non-hydrogen) atoms. The lowest BCUT2D eigenvalue weighted by molar-refractivity contribution is 0.0680. The maximum atomic E-state index is 13.1. The maximum absolute atomic E-state index is 13.1. The molecule has 0 aliphatic carbocycles. The molecule has 3 aromatic carbocycles. The van der Waals surface area contributed by atoms with Crippen molar-refractivity contribution in [3.63, 3.8) is 0 Å². The Morgan fingerprint density at radius 1 is 0.789 bits per heavy atom. The highest BCUT2D eigenvalue weighted by Gasteiger charge is 2.34. The van der Waals surface area contributed by atoms with Gasteiger partial charge in [0.05, 0.1) is 17.4 Å². The van der Waals surface area contributed by atoms with E-state index in [2.05, 4.69) is 0 Å². The van der Waals surface area contributed by atoms with Crippen LogP contribution in [0.1, 0.15) is 64.3 Å². The van der Waals surface area contributed by atoms with E-state index in [4.69, 9.17) is 19.4 Å². The lowest BCUT2D eigenvalue weighted by Crippen LogP contribution is -2.42. The number of esters is 2. The van der Waals surface area contributed by atoms with Crippen LogP contribution in [-0.4, -0.2) is 32.7 Å². The summed E-state index contributed by atoms with van der Waals surface area (Å²) in [4.78, 5) is 26.0. The van der Waals surface area contributed by atoms with Crippen molar-refractivity contribution in [1.82, 2.24) is 0 Å². The predicted octanol–water partition coefficient (Wildman–Crippen LogP) is 5.13. The first-order chi connectivity index (χ1) is 17.7. The van der Waals surface area contributed by atoms with Crippen LogP contribution in [0.15, 0.2) is 66.7 Å². The molecule has 0 fully saturated rings. The molecule has 0 aromatic heterocycles. The Morgan fingerprint density at radius 3 is 1.71 bits per heavy atom. The van der Waals surface area contributed by atoms with Gasteiger partial charge in [0.1, 0.15) is 6.10 Å². The highest BCUT2D eigenvalue weighted by atomic mass is 32.2. The first-order valence-electron chi connectivity index (χ1n) is 12.0. The number of rotatable bonds is 8. The van der Waals surface area contributed by atoms with Gasteiger partial charge in [-0.05, 0) is 60.2 Å². The minimum atomic E-state index is -3.90. The van der Waals surface area contributed by atoms with Gasteiger partial charge in [0.15, 0.2) is 11.5 Å². The monoisotopic (exact) mass is 539 g/mol. The summed E-state index contributed by atoms with van der Waals surface area (Å²) in [6.45, 7) is 9.11. The first-order valence-corrected chi connectivity index (χ1v) is 13.8. The molecule has 0 saturated carbocycles. The molecule has 0 saturated heterocycles. The Bertz CT molecular complexity index is 1440. The van der Waals surface area contributed by atoms with Crippen molar-refractivity contribution in [2.75, 3.05) is 6.26 Å². The van der Waals surface area contributed by atoms with Crippen LogP contribution in [0.3, 0.4) is 0 Å². The van der Waals surface area contributed by atoms with Crippen LogP contribution in [0.5, 0.6) is 11.5 Å². The zero-order valence-electron chi connectivity index (χ0n) is 22.3. The fraction of sp³-hybridized carbons (Fsp3) is 0.310. The Morgan fingerprint density at radius 2 is 1.26 bits per heavy atom. The molecule has 0 bridgehead atoms. The second-order valence-electron chi connectivity index (χ2n) is 10.2. The van der Waals surface area contributed by atoms with E-state index in [0.717, 1.165) is 6.26 Å². The van der Waals surface area contributed by atoms with Crippen LogP contribution in [0.2, 0.25) is 0 Å². The van der Waals surface area contributed by atoms with E-state index in [1.165, 1.54) is 18.2 Å². The molecule has 8 nitrogen and oxygen atoms in total. The van der Waals surface area contributed by atoms with Gasteiger partial charge in [-0.15, -0.1) is 0 Å². The average Bonchev–Trinajstić information content (AvgIpc) is 2.82. The van der Waals surface area contributed by atoms with Crippen LogP contribution < -0.4 is 15.2 Å². The van der Waals surface area contributed by atoms with Gasteiger partial charge in [-0.2, -0.15) is 8.42 Å². The third-order valence-corrected chi connectivity index (χ3v) is 6.59. The predicted molar refractivity (Wildman–Crippen MR) is 145 cm³/mol. The second-order valence-corrected chi connectivity index (χ2v) is 11.8. The number of aryl methyl sites for hydroxylation is 2. The van der Waals surface area contributed by atoms with Crippen molar-refractivity contribution >= 4 is 22.1 Å². The summed E-state index contributed by atoms with van der Waals surface area (Å²) >= 11 is 0. The minimum Gasteiger partial charge on any atom is -0.419 e. The summed E-state index contributed by atoms with van der Waals surface area (Å²) in [5.41, 5.74) is 8.30. The van der Waals surface area contributed by atoms with E-state index < -0.39 is 39.6 Å². The van der Waals surface area contributed by atoms with Crippen molar-refractivity contribution in [3.05, 3.63) is 94.5 Å². The van der Waals surface area contributed by atoms with E-state index in [1.807, 2.05) is 20.8 Å². The summed E-state index contributed by atoms with van der Waals surface area (Å²) in [6.07, 6.45) is -0.158. The van der Waals surface area contributed by atoms with E-state index in [-0.39, 0.29) is 11.5 Å². The lowest BCUT2D eigenvalue weighted by atomic mass is 9.82. The van der Waals surface area contributed by atoms with Crippen molar-refractivity contribution in [2.24, 2.45) is 11.1 Å². The highest BCUT2D eigenvalue weighted by molar-refractivity contribution is 7.86. The molecule has 0 aliphatic heterocycles. The minimum absolute atomic E-state index is 0.0219. The molecular formula is C29H33NO7S. The van der Waals surface area contributed by atoms with Gasteiger partial charge in [0.25, 0.3) is 10.1 Å². The lowest BCUT2D eigenvalue weighted by Gasteiger charge is -2.33. The molecule has 9 heteroatoms. The van der Waals surface area contributed by atoms with Gasteiger partial charge in [0, 0.05) is 6.04 Å². The molecule has 0 spiro atoms. The second kappa shape index (κ2) is 11.5. The average molecular weight is 540 g/mol. The van der Waals surface area contributed by atoms with Gasteiger partial charge in [-0.1, -0.05) is 63.2 Å². The van der Waals surface area contributed by atoms with Crippen LogP contribution in [-0.2, 0) is 14.3 Å². The summed E-state index contributed by atoms with van der Waals surface area (Å²) in [5.74, 6) is -1.42. The molecule has 3 aromatic rings. The smallest absolute Gasteiger partial charge is 0.343 e. The Kier molecular flexibility index (Phi) is 8.76. The third-order valence-electron chi connectivity index (χ3n) is 6.04. The van der Waals surface area contributed by atoms with E-state index in [9.17, 15) is 18.0 Å². The normalized spacial score (nSPS) is 13.4. The fourth-order valence-electron chi connectivity index (χ4n) is 3.74. The highest BCUT2D eigenvalue weighted by Crippen LogP contribution is 2.38. The number of hydrogen-bond donors (Lipinski definition) is 1. The molecular weight excluding hydrogens is 506 g/mol. The Balaban J connectivity index is 2.09. The maximum Gasteiger partial charge on any atom is 0.343 e. The van der Waals surface area contributed by atoms with Gasteiger partial charge >= 0.3 is 11.9 Å². The molecule has 202 valence electrons. The van der Waals surface area contributed by atoms with Crippen molar-refractivity contribution in [2.45, 2.75) is 46.8 Å². The molecule has 2 N–H and O–H groups in total. The van der Waals surface area contributed by atoms with Crippen LogP contribution in [0.4, 0.5) is 0 Å². The third kappa shape index (κ3) is 7.28. The SMILES string of the molecule is Cc1ccccc1C(=O)Oc1ccc(C(OS(C)(=O)=O)C(N)C(C)(C)C)cc1OC(=O)c1ccccc1C. The van der Waals surface area contributed by atoms with E-state index in [1.54, 1.807) is 62.4 Å². The van der Waals surface area contributed by atoms with Crippen LogP contribution >= 0.6 is 0 Å². The Hall–Kier alpha value is -3.53. The summed E-state index contributed by atoms with van der Waals surface area (Å²) in [5, 5.41) is 0. The quantitative estimate of drug-likeness (QED) is 0.237. The van der Waals surface area contributed by atoms with E-state index in [0.29, 0.717) is 27.8 Å². The number of ether oxygens (including phenoxy) is 2.